The molecule has 3 aromatic heterocycles. The molecule has 4 heterocycles. The van der Waals surface area contributed by atoms with Crippen molar-refractivity contribution in [3.8, 4) is 0 Å². The predicted octanol–water partition coefficient (Wildman–Crippen LogP) is 4.06. The van der Waals surface area contributed by atoms with Gasteiger partial charge in [-0.25, -0.2) is 9.97 Å². The topological polar surface area (TPSA) is 46.8 Å². The van der Waals surface area contributed by atoms with Crippen molar-refractivity contribution in [2.75, 3.05) is 18.0 Å². The van der Waals surface area contributed by atoms with E-state index < -0.39 is 11.9 Å². The quantitative estimate of drug-likeness (QED) is 0.685. The second-order valence-corrected chi connectivity index (χ2v) is 7.43. The summed E-state index contributed by atoms with van der Waals surface area (Å²) in [5, 5.41) is 4.74. The summed E-state index contributed by atoms with van der Waals surface area (Å²) >= 11 is 1.61. The maximum absolute atomic E-state index is 12.8. The van der Waals surface area contributed by atoms with Crippen LogP contribution in [0.15, 0.2) is 24.7 Å². The van der Waals surface area contributed by atoms with E-state index in [1.54, 1.807) is 17.7 Å². The maximum atomic E-state index is 12.8. The van der Waals surface area contributed by atoms with E-state index >= 15 is 0 Å². The number of fused-ring (bicyclic) bond motifs is 1. The first kappa shape index (κ1) is 16.3. The first-order valence-electron chi connectivity index (χ1n) is 8.00. The monoisotopic (exact) mass is 367 g/mol. The van der Waals surface area contributed by atoms with Crippen molar-refractivity contribution in [3.63, 3.8) is 0 Å². The van der Waals surface area contributed by atoms with Gasteiger partial charge < -0.3 is 4.90 Å². The Balaban J connectivity index is 1.61. The summed E-state index contributed by atoms with van der Waals surface area (Å²) in [6, 6.07) is 2.99. The molecular weight excluding hydrogens is 351 g/mol. The van der Waals surface area contributed by atoms with Gasteiger partial charge in [0, 0.05) is 24.2 Å². The summed E-state index contributed by atoms with van der Waals surface area (Å²) in [7, 11) is 0. The van der Waals surface area contributed by atoms with Crippen LogP contribution in [0.5, 0.6) is 0 Å². The number of aromatic nitrogens is 4. The summed E-state index contributed by atoms with van der Waals surface area (Å²) in [6.45, 7) is 3.43. The molecule has 0 saturated carbocycles. The minimum absolute atomic E-state index is 0.102. The average Bonchev–Trinajstić information content (AvgIpc) is 3.20. The molecule has 4 rings (SSSR count). The van der Waals surface area contributed by atoms with E-state index in [1.165, 1.54) is 10.9 Å². The summed E-state index contributed by atoms with van der Waals surface area (Å²) < 4.78 is 39.8. The van der Waals surface area contributed by atoms with Crippen LogP contribution >= 0.6 is 11.3 Å². The Morgan fingerprint density at radius 3 is 2.88 bits per heavy atom. The van der Waals surface area contributed by atoms with Gasteiger partial charge in [0.2, 0.25) is 0 Å². The number of thiophene rings is 1. The lowest BCUT2D eigenvalue weighted by Gasteiger charge is -2.33. The van der Waals surface area contributed by atoms with Gasteiger partial charge in [-0.1, -0.05) is 0 Å². The predicted molar refractivity (Wildman–Crippen MR) is 89.9 cm³/mol. The third kappa shape index (κ3) is 3.08. The summed E-state index contributed by atoms with van der Waals surface area (Å²) in [5.74, 6) is 0.849. The Morgan fingerprint density at radius 2 is 2.12 bits per heavy atom. The summed E-state index contributed by atoms with van der Waals surface area (Å²) in [5.41, 5.74) is -0.845. The lowest BCUT2D eigenvalue weighted by atomic mass is 10.1. The fourth-order valence-electron chi connectivity index (χ4n) is 3.27. The molecule has 1 aliphatic rings. The Kier molecular flexibility index (Phi) is 3.90. The van der Waals surface area contributed by atoms with Gasteiger partial charge in [0.05, 0.1) is 11.4 Å². The Bertz CT molecular complexity index is 901. The number of anilines is 1. The molecule has 5 nitrogen and oxygen atoms in total. The fourth-order valence-corrected chi connectivity index (χ4v) is 4.11. The zero-order chi connectivity index (χ0) is 17.6. The van der Waals surface area contributed by atoms with Gasteiger partial charge in [-0.3, -0.25) is 4.68 Å². The number of hydrogen-bond acceptors (Lipinski definition) is 5. The molecule has 0 N–H and O–H groups in total. The van der Waals surface area contributed by atoms with E-state index in [9.17, 15) is 13.2 Å². The van der Waals surface area contributed by atoms with Gasteiger partial charge in [-0.2, -0.15) is 18.3 Å². The van der Waals surface area contributed by atoms with E-state index in [0.717, 1.165) is 46.4 Å². The second kappa shape index (κ2) is 5.98. The van der Waals surface area contributed by atoms with Crippen molar-refractivity contribution in [3.05, 3.63) is 35.2 Å². The van der Waals surface area contributed by atoms with E-state index in [-0.39, 0.29) is 6.04 Å². The Labute approximate surface area is 146 Å². The highest BCUT2D eigenvalue weighted by atomic mass is 32.1. The number of rotatable bonds is 2. The first-order chi connectivity index (χ1) is 11.9. The smallest absolute Gasteiger partial charge is 0.354 e. The number of nitrogens with zero attached hydrogens (tertiary/aromatic N) is 5. The minimum atomic E-state index is -4.41. The highest BCUT2D eigenvalue weighted by Crippen LogP contribution is 2.33. The normalized spacial score (nSPS) is 18.9. The molecular formula is C16H16F3N5S. The molecule has 1 atom stereocenters. The average molecular weight is 367 g/mol. The van der Waals surface area contributed by atoms with E-state index in [1.807, 2.05) is 6.92 Å². The van der Waals surface area contributed by atoms with Gasteiger partial charge in [0.1, 0.15) is 17.0 Å². The molecule has 0 bridgehead atoms. The lowest BCUT2D eigenvalue weighted by Crippen LogP contribution is -2.37. The zero-order valence-corrected chi connectivity index (χ0v) is 14.3. The second-order valence-electron chi connectivity index (χ2n) is 6.19. The molecule has 0 aromatic carbocycles. The Hall–Kier alpha value is -2.16. The molecule has 9 heteroatoms. The number of piperidine rings is 1. The van der Waals surface area contributed by atoms with E-state index in [2.05, 4.69) is 26.0 Å². The highest BCUT2D eigenvalue weighted by molar-refractivity contribution is 7.18. The van der Waals surface area contributed by atoms with Crippen LogP contribution in [-0.2, 0) is 6.18 Å². The maximum Gasteiger partial charge on any atom is 0.435 e. The fraction of sp³-hybridized carbons (Fsp3) is 0.438. The lowest BCUT2D eigenvalue weighted by molar-refractivity contribution is -0.141. The molecule has 1 unspecified atom stereocenters. The minimum Gasteiger partial charge on any atom is -0.354 e. The van der Waals surface area contributed by atoms with Crippen LogP contribution in [0.3, 0.4) is 0 Å². The van der Waals surface area contributed by atoms with Crippen LogP contribution in [0.4, 0.5) is 19.0 Å². The van der Waals surface area contributed by atoms with Crippen molar-refractivity contribution in [1.82, 2.24) is 19.7 Å². The van der Waals surface area contributed by atoms with Crippen molar-refractivity contribution in [2.24, 2.45) is 0 Å². The molecule has 0 amide bonds. The van der Waals surface area contributed by atoms with E-state index in [4.69, 9.17) is 0 Å². The number of halogens is 3. The zero-order valence-electron chi connectivity index (χ0n) is 13.5. The van der Waals surface area contributed by atoms with Crippen LogP contribution < -0.4 is 4.90 Å². The molecule has 0 spiro atoms. The van der Waals surface area contributed by atoms with Crippen molar-refractivity contribution >= 4 is 27.4 Å². The van der Waals surface area contributed by atoms with Gasteiger partial charge in [-0.05, 0) is 31.9 Å². The SMILES string of the molecule is Cc1cc2c(N3CCCC(n4ccc(C(F)(F)F)n4)C3)ncnc2s1. The molecule has 3 aromatic rings. The van der Waals surface area contributed by atoms with Gasteiger partial charge in [-0.15, -0.1) is 11.3 Å². The van der Waals surface area contributed by atoms with Gasteiger partial charge >= 0.3 is 6.18 Å². The van der Waals surface area contributed by atoms with Crippen molar-refractivity contribution in [1.29, 1.82) is 0 Å². The highest BCUT2D eigenvalue weighted by Gasteiger charge is 2.34. The molecule has 132 valence electrons. The summed E-state index contributed by atoms with van der Waals surface area (Å²) in [4.78, 5) is 12.9. The number of alkyl halides is 3. The first-order valence-corrected chi connectivity index (χ1v) is 8.82. The molecule has 1 saturated heterocycles. The van der Waals surface area contributed by atoms with Gasteiger partial charge in [0.25, 0.3) is 0 Å². The van der Waals surface area contributed by atoms with Crippen LogP contribution in [0.2, 0.25) is 0 Å². The van der Waals surface area contributed by atoms with E-state index in [0.29, 0.717) is 6.54 Å². The van der Waals surface area contributed by atoms with Gasteiger partial charge in [0.15, 0.2) is 5.69 Å². The number of hydrogen-bond donors (Lipinski definition) is 0. The third-order valence-electron chi connectivity index (χ3n) is 4.40. The third-order valence-corrected chi connectivity index (χ3v) is 5.36. The number of aryl methyl sites for hydroxylation is 1. The van der Waals surface area contributed by atoms with Crippen molar-refractivity contribution < 1.29 is 13.2 Å². The molecule has 0 aliphatic carbocycles. The van der Waals surface area contributed by atoms with Crippen LogP contribution in [0.1, 0.15) is 29.5 Å². The van der Waals surface area contributed by atoms with Crippen molar-refractivity contribution in [2.45, 2.75) is 32.0 Å². The van der Waals surface area contributed by atoms with Crippen LogP contribution in [0, 0.1) is 6.92 Å². The summed E-state index contributed by atoms with van der Waals surface area (Å²) in [6.07, 6.45) is 0.230. The standard InChI is InChI=1S/C16H16F3N5S/c1-10-7-12-14(20-9-21-15(12)25-10)23-5-2-3-11(8-23)24-6-4-13(22-24)16(17,18)19/h4,6-7,9,11H,2-3,5,8H2,1H3. The Morgan fingerprint density at radius 1 is 1.28 bits per heavy atom. The molecule has 0 radical (unpaired) electrons. The van der Waals surface area contributed by atoms with Crippen LogP contribution in [-0.4, -0.2) is 32.8 Å². The molecule has 25 heavy (non-hydrogen) atoms. The molecule has 1 aliphatic heterocycles. The molecule has 1 fully saturated rings. The largest absolute Gasteiger partial charge is 0.435 e. The van der Waals surface area contributed by atoms with Crippen LogP contribution in [0.25, 0.3) is 10.2 Å².